The molecule has 7 aromatic rings. The lowest BCUT2D eigenvalue weighted by atomic mass is 10.3. The van der Waals surface area contributed by atoms with Crippen molar-refractivity contribution in [2.24, 2.45) is 0 Å². The van der Waals surface area contributed by atoms with Gasteiger partial charge in [0.15, 0.2) is 0 Å². The second-order valence-electron chi connectivity index (χ2n) is 7.88. The number of halogens is 4. The fourth-order valence-corrected chi connectivity index (χ4v) is 5.30. The number of hydrogen-bond donors (Lipinski definition) is 2. The lowest BCUT2D eigenvalue weighted by Gasteiger charge is -2.04. The molecule has 42 heavy (non-hydrogen) atoms. The van der Waals surface area contributed by atoms with E-state index in [9.17, 15) is 0 Å². The van der Waals surface area contributed by atoms with Crippen LogP contribution in [0.5, 0.6) is 0 Å². The van der Waals surface area contributed by atoms with Crippen molar-refractivity contribution in [1.29, 1.82) is 0 Å². The fourth-order valence-electron chi connectivity index (χ4n) is 3.26. The summed E-state index contributed by atoms with van der Waals surface area (Å²) in [7, 11) is 0. The van der Waals surface area contributed by atoms with Crippen LogP contribution in [0.1, 0.15) is 0 Å². The van der Waals surface area contributed by atoms with Gasteiger partial charge in [-0.25, -0.2) is 39.9 Å². The van der Waals surface area contributed by atoms with Crippen molar-refractivity contribution in [2.45, 2.75) is 0 Å². The summed E-state index contributed by atoms with van der Waals surface area (Å²) >= 11 is 25.5. The number of nitrogens with one attached hydrogen (secondary N) is 2. The number of nitrogens with zero attached hydrogens (tertiary/aromatic N) is 8. The van der Waals surface area contributed by atoms with Crippen LogP contribution >= 0.6 is 69.1 Å². The summed E-state index contributed by atoms with van der Waals surface area (Å²) in [5.74, 6) is 1.16. The first-order valence-corrected chi connectivity index (χ1v) is 15.0. The molecule has 2 aromatic carbocycles. The third-order valence-electron chi connectivity index (χ3n) is 5.03. The summed E-state index contributed by atoms with van der Waals surface area (Å²) in [6.07, 6.45) is 4.73. The fraction of sp³-hybridized carbons (Fsp3) is 0. The molecule has 2 N–H and O–H groups in total. The average molecular weight is 674 g/mol. The van der Waals surface area contributed by atoms with Gasteiger partial charge in [0.2, 0.25) is 16.5 Å². The van der Waals surface area contributed by atoms with Crippen molar-refractivity contribution in [3.8, 4) is 0 Å². The van der Waals surface area contributed by atoms with E-state index < -0.39 is 0 Å². The summed E-state index contributed by atoms with van der Waals surface area (Å²) in [5, 5.41) is 7.46. The highest BCUT2D eigenvalue weighted by atomic mass is 35.5. The number of thiazole rings is 2. The maximum atomic E-state index is 5.79. The van der Waals surface area contributed by atoms with Crippen LogP contribution in [0, 0.1) is 0 Å². The van der Waals surface area contributed by atoms with Crippen LogP contribution in [0.2, 0.25) is 20.9 Å². The van der Waals surface area contributed by atoms with Crippen LogP contribution in [0.25, 0.3) is 20.4 Å². The minimum absolute atomic E-state index is 0.178. The van der Waals surface area contributed by atoms with Crippen molar-refractivity contribution in [3.63, 3.8) is 0 Å². The predicted octanol–water partition coefficient (Wildman–Crippen LogP) is 8.75. The monoisotopic (exact) mass is 672 g/mol. The summed E-state index contributed by atoms with van der Waals surface area (Å²) in [6.45, 7) is 0. The highest BCUT2D eigenvalue weighted by molar-refractivity contribution is 7.17. The molecular weight excluding hydrogens is 658 g/mol. The van der Waals surface area contributed by atoms with Gasteiger partial charge in [0.25, 0.3) is 0 Å². The van der Waals surface area contributed by atoms with E-state index >= 15 is 0 Å². The highest BCUT2D eigenvalue weighted by Gasteiger charge is 2.02. The summed E-state index contributed by atoms with van der Waals surface area (Å²) in [5.41, 5.74) is 7.52. The van der Waals surface area contributed by atoms with Crippen molar-refractivity contribution in [3.05, 3.63) is 105 Å². The van der Waals surface area contributed by atoms with E-state index in [1.807, 2.05) is 47.4 Å². The Hall–Kier alpha value is -3.78. The number of aromatic nitrogens is 8. The third kappa shape index (κ3) is 8.61. The van der Waals surface area contributed by atoms with Gasteiger partial charge in [0.05, 0.1) is 31.5 Å². The highest BCUT2D eigenvalue weighted by Crippen LogP contribution is 2.25. The molecule has 0 saturated heterocycles. The molecule has 0 radical (unpaired) electrons. The maximum Gasteiger partial charge on any atom is 0.228 e. The molecule has 0 saturated carbocycles. The second-order valence-corrected chi connectivity index (χ2v) is 11.1. The van der Waals surface area contributed by atoms with Crippen LogP contribution < -0.4 is 10.6 Å². The molecule has 5 heterocycles. The summed E-state index contributed by atoms with van der Waals surface area (Å²) in [6, 6.07) is 16.8. The standard InChI is InChI=1S/2C11H7ClN4S.C4H2Cl2N2/c12-11-13-4-3-10(16-11)15-7-1-2-8-9(5-7)17-6-14-8;12-10-3-4-13-11(16-10)15-7-1-2-8-9(5-7)17-6-14-8;5-3-1-2-7-4(6)8-3/h2*1-6H,(H,13,15,16);1-2H. The molecule has 210 valence electrons. The van der Waals surface area contributed by atoms with Crippen molar-refractivity contribution in [2.75, 3.05) is 10.6 Å². The van der Waals surface area contributed by atoms with E-state index in [-0.39, 0.29) is 10.6 Å². The molecule has 0 fully saturated rings. The van der Waals surface area contributed by atoms with Gasteiger partial charge in [-0.15, -0.1) is 22.7 Å². The van der Waals surface area contributed by atoms with E-state index in [1.165, 1.54) is 6.20 Å². The number of hydrogen-bond acceptors (Lipinski definition) is 12. The van der Waals surface area contributed by atoms with Crippen molar-refractivity contribution in [1.82, 2.24) is 39.9 Å². The quantitative estimate of drug-likeness (QED) is 0.138. The SMILES string of the molecule is Clc1ccnc(Cl)n1.Clc1ccnc(Nc2ccc3ncsc3c2)n1.Clc1nccc(Nc2ccc3ncsc3c2)n1. The van der Waals surface area contributed by atoms with Crippen LogP contribution in [0.15, 0.2) is 84.2 Å². The Labute approximate surface area is 266 Å². The molecule has 16 heteroatoms. The molecule has 0 aliphatic heterocycles. The first kappa shape index (κ1) is 29.7. The Bertz CT molecular complexity index is 1800. The van der Waals surface area contributed by atoms with E-state index in [4.69, 9.17) is 46.4 Å². The van der Waals surface area contributed by atoms with Gasteiger partial charge >= 0.3 is 0 Å². The molecule has 0 amide bonds. The normalized spacial score (nSPS) is 10.4. The van der Waals surface area contributed by atoms with Gasteiger partial charge in [-0.1, -0.05) is 23.2 Å². The smallest absolute Gasteiger partial charge is 0.228 e. The Morgan fingerprint density at radius 3 is 1.62 bits per heavy atom. The summed E-state index contributed by atoms with van der Waals surface area (Å²) < 4.78 is 2.26. The molecule has 0 unspecified atom stereocenters. The van der Waals surface area contributed by atoms with Crippen LogP contribution in [-0.2, 0) is 0 Å². The van der Waals surface area contributed by atoms with Gasteiger partial charge < -0.3 is 10.6 Å². The molecule has 0 aliphatic rings. The van der Waals surface area contributed by atoms with E-state index in [0.717, 1.165) is 31.8 Å². The average Bonchev–Trinajstić information content (AvgIpc) is 3.63. The van der Waals surface area contributed by atoms with Gasteiger partial charge in [-0.3, -0.25) is 0 Å². The lowest BCUT2D eigenvalue weighted by molar-refractivity contribution is 1.17. The number of benzene rings is 2. The number of rotatable bonds is 4. The second kappa shape index (κ2) is 14.4. The Morgan fingerprint density at radius 2 is 1.07 bits per heavy atom. The third-order valence-corrected chi connectivity index (χ3v) is 7.40. The van der Waals surface area contributed by atoms with Gasteiger partial charge in [-0.05, 0) is 77.8 Å². The maximum absolute atomic E-state index is 5.79. The molecule has 5 aromatic heterocycles. The van der Waals surface area contributed by atoms with E-state index in [2.05, 4.69) is 50.5 Å². The Morgan fingerprint density at radius 1 is 0.524 bits per heavy atom. The minimum atomic E-state index is 0.178. The molecule has 7 rings (SSSR count). The van der Waals surface area contributed by atoms with Crippen LogP contribution in [0.3, 0.4) is 0 Å². The van der Waals surface area contributed by atoms with Gasteiger partial charge in [0.1, 0.15) is 16.1 Å². The van der Waals surface area contributed by atoms with Gasteiger partial charge in [-0.2, -0.15) is 0 Å². The zero-order valence-electron chi connectivity index (χ0n) is 21.0. The van der Waals surface area contributed by atoms with Crippen molar-refractivity contribution < 1.29 is 0 Å². The molecular formula is C26H16Cl4N10S2. The number of fused-ring (bicyclic) bond motifs is 2. The molecule has 0 bridgehead atoms. The summed E-state index contributed by atoms with van der Waals surface area (Å²) in [4.78, 5) is 31.7. The molecule has 0 spiro atoms. The van der Waals surface area contributed by atoms with Gasteiger partial charge in [0, 0.05) is 30.0 Å². The first-order valence-electron chi connectivity index (χ1n) is 11.7. The van der Waals surface area contributed by atoms with E-state index in [1.54, 1.807) is 53.3 Å². The minimum Gasteiger partial charge on any atom is -0.340 e. The first-order chi connectivity index (χ1) is 20.4. The topological polar surface area (TPSA) is 127 Å². The number of anilines is 4. The van der Waals surface area contributed by atoms with Crippen molar-refractivity contribution >= 4 is 113 Å². The molecule has 0 atom stereocenters. The van der Waals surface area contributed by atoms with E-state index in [0.29, 0.717) is 22.1 Å². The van der Waals surface area contributed by atoms with Crippen LogP contribution in [0.4, 0.5) is 23.1 Å². The Kier molecular flexibility index (Phi) is 10.2. The molecule has 0 aliphatic carbocycles. The zero-order chi connectivity index (χ0) is 29.3. The molecule has 10 nitrogen and oxygen atoms in total. The predicted molar refractivity (Wildman–Crippen MR) is 172 cm³/mol. The Balaban J connectivity index is 0.000000135. The zero-order valence-corrected chi connectivity index (χ0v) is 25.6. The van der Waals surface area contributed by atoms with Crippen LogP contribution in [-0.4, -0.2) is 39.9 Å². The largest absolute Gasteiger partial charge is 0.340 e. The lowest BCUT2D eigenvalue weighted by Crippen LogP contribution is -1.95.